The molecule has 10 nitrogen and oxygen atoms in total. The summed E-state index contributed by atoms with van der Waals surface area (Å²) in [5.41, 5.74) is 1.99. The summed E-state index contributed by atoms with van der Waals surface area (Å²) in [4.78, 5) is 22.7. The summed E-state index contributed by atoms with van der Waals surface area (Å²) >= 11 is 0. The maximum absolute atomic E-state index is 11.4. The lowest BCUT2D eigenvalue weighted by Crippen LogP contribution is -2.35. The number of methoxy groups -OCH3 is 2. The third-order valence-electron chi connectivity index (χ3n) is 4.90. The van der Waals surface area contributed by atoms with Crippen LogP contribution in [0.5, 0.6) is 11.5 Å². The number of hydrogen-bond acceptors (Lipinski definition) is 8. The van der Waals surface area contributed by atoms with Gasteiger partial charge in [-0.05, 0) is 25.5 Å². The number of nitrogens with one attached hydrogen (secondary N) is 1. The Hall–Kier alpha value is -3.43. The van der Waals surface area contributed by atoms with Gasteiger partial charge in [0.25, 0.3) is 0 Å². The van der Waals surface area contributed by atoms with E-state index in [1.54, 1.807) is 18.9 Å². The fourth-order valence-corrected chi connectivity index (χ4v) is 3.62. The topological polar surface area (TPSA) is 107 Å². The van der Waals surface area contributed by atoms with Crippen molar-refractivity contribution in [3.63, 3.8) is 0 Å². The van der Waals surface area contributed by atoms with E-state index in [2.05, 4.69) is 30.5 Å². The van der Waals surface area contributed by atoms with Crippen molar-refractivity contribution in [3.05, 3.63) is 24.0 Å². The SMILES string of the molecule is COc1ccc(-n2nnc3c(N4CC[C@@H](NC(C)=O)C4)nc(C)nc32)cc1OC. The second kappa shape index (κ2) is 7.53. The van der Waals surface area contributed by atoms with Crippen LogP contribution in [0.15, 0.2) is 18.2 Å². The minimum atomic E-state index is -0.0275. The number of aryl methyl sites for hydroxylation is 1. The molecule has 29 heavy (non-hydrogen) atoms. The number of anilines is 1. The highest BCUT2D eigenvalue weighted by atomic mass is 16.5. The molecule has 1 N–H and O–H groups in total. The van der Waals surface area contributed by atoms with Crippen molar-refractivity contribution in [3.8, 4) is 17.2 Å². The molecule has 0 radical (unpaired) electrons. The molecule has 0 spiro atoms. The van der Waals surface area contributed by atoms with Crippen molar-refractivity contribution >= 4 is 22.9 Å². The van der Waals surface area contributed by atoms with Crippen LogP contribution in [0.4, 0.5) is 5.82 Å². The average molecular weight is 397 g/mol. The van der Waals surface area contributed by atoms with Crippen LogP contribution in [-0.2, 0) is 4.79 Å². The molecule has 0 unspecified atom stereocenters. The molecule has 1 aromatic carbocycles. The highest BCUT2D eigenvalue weighted by Gasteiger charge is 2.27. The summed E-state index contributed by atoms with van der Waals surface area (Å²) in [6.07, 6.45) is 0.855. The molecule has 1 amide bonds. The van der Waals surface area contributed by atoms with Crippen LogP contribution in [0, 0.1) is 6.92 Å². The van der Waals surface area contributed by atoms with Gasteiger partial charge in [0.1, 0.15) is 5.82 Å². The van der Waals surface area contributed by atoms with Crippen LogP contribution in [0.3, 0.4) is 0 Å². The largest absolute Gasteiger partial charge is 0.493 e. The van der Waals surface area contributed by atoms with Crippen molar-refractivity contribution < 1.29 is 14.3 Å². The molecule has 0 bridgehead atoms. The van der Waals surface area contributed by atoms with Crippen molar-refractivity contribution in [1.82, 2.24) is 30.3 Å². The van der Waals surface area contributed by atoms with E-state index in [0.717, 1.165) is 24.5 Å². The van der Waals surface area contributed by atoms with Gasteiger partial charge in [0.15, 0.2) is 28.5 Å². The molecule has 152 valence electrons. The first-order chi connectivity index (χ1) is 14.0. The van der Waals surface area contributed by atoms with Crippen LogP contribution >= 0.6 is 0 Å². The number of aromatic nitrogens is 5. The molecular formula is C19H23N7O3. The zero-order valence-corrected chi connectivity index (χ0v) is 16.8. The minimum absolute atomic E-state index is 0.0275. The lowest BCUT2D eigenvalue weighted by molar-refractivity contribution is -0.119. The molecule has 3 heterocycles. The number of carbonyl (C=O) groups is 1. The number of nitrogens with zero attached hydrogens (tertiary/aromatic N) is 6. The number of amides is 1. The number of rotatable bonds is 5. The summed E-state index contributed by atoms with van der Waals surface area (Å²) in [6.45, 7) is 4.83. The van der Waals surface area contributed by atoms with E-state index in [1.165, 1.54) is 6.92 Å². The number of fused-ring (bicyclic) bond motifs is 1. The van der Waals surface area contributed by atoms with E-state index in [0.29, 0.717) is 35.0 Å². The Morgan fingerprint density at radius 2 is 2.00 bits per heavy atom. The second-order valence-electron chi connectivity index (χ2n) is 6.94. The normalized spacial score (nSPS) is 16.3. The molecule has 1 atom stereocenters. The van der Waals surface area contributed by atoms with Crippen LogP contribution in [-0.4, -0.2) is 64.2 Å². The van der Waals surface area contributed by atoms with Gasteiger partial charge in [-0.2, -0.15) is 4.68 Å². The van der Waals surface area contributed by atoms with Gasteiger partial charge in [-0.15, -0.1) is 5.10 Å². The van der Waals surface area contributed by atoms with Crippen LogP contribution in [0.2, 0.25) is 0 Å². The van der Waals surface area contributed by atoms with E-state index < -0.39 is 0 Å². The summed E-state index contributed by atoms with van der Waals surface area (Å²) < 4.78 is 12.4. The molecule has 1 aliphatic heterocycles. The third-order valence-corrected chi connectivity index (χ3v) is 4.90. The van der Waals surface area contributed by atoms with Crippen molar-refractivity contribution in [1.29, 1.82) is 0 Å². The lowest BCUT2D eigenvalue weighted by atomic mass is 10.2. The zero-order chi connectivity index (χ0) is 20.5. The van der Waals surface area contributed by atoms with Crippen molar-refractivity contribution in [2.75, 3.05) is 32.2 Å². The quantitative estimate of drug-likeness (QED) is 0.685. The first kappa shape index (κ1) is 18.9. The van der Waals surface area contributed by atoms with Gasteiger partial charge in [0, 0.05) is 32.1 Å². The average Bonchev–Trinajstić information content (AvgIpc) is 3.33. The number of carbonyl (C=O) groups excluding carboxylic acids is 1. The Balaban J connectivity index is 1.74. The van der Waals surface area contributed by atoms with Gasteiger partial charge >= 0.3 is 0 Å². The van der Waals surface area contributed by atoms with Crippen molar-refractivity contribution in [2.24, 2.45) is 0 Å². The summed E-state index contributed by atoms with van der Waals surface area (Å²) in [5, 5.41) is 11.6. The molecule has 1 saturated heterocycles. The lowest BCUT2D eigenvalue weighted by Gasteiger charge is -2.18. The van der Waals surface area contributed by atoms with Crippen LogP contribution < -0.4 is 19.7 Å². The molecule has 0 aliphatic carbocycles. The first-order valence-corrected chi connectivity index (χ1v) is 9.34. The van der Waals surface area contributed by atoms with Gasteiger partial charge < -0.3 is 19.7 Å². The molecule has 10 heteroatoms. The third kappa shape index (κ3) is 3.53. The summed E-state index contributed by atoms with van der Waals surface area (Å²) in [5.74, 6) is 2.55. The molecule has 2 aromatic heterocycles. The molecule has 1 fully saturated rings. The standard InChI is InChI=1S/C19H23N7O3/c1-11-20-18(25-8-7-13(10-25)22-12(2)27)17-19(21-11)26(24-23-17)14-5-6-15(28-3)16(9-14)29-4/h5-6,9,13H,7-8,10H2,1-4H3,(H,22,27)/t13-/m1/s1. The molecule has 1 aliphatic rings. The Kier molecular flexibility index (Phi) is 4.91. The van der Waals surface area contributed by atoms with Crippen LogP contribution in [0.25, 0.3) is 16.9 Å². The first-order valence-electron chi connectivity index (χ1n) is 9.34. The highest BCUT2D eigenvalue weighted by molar-refractivity contribution is 5.84. The number of hydrogen-bond donors (Lipinski definition) is 1. The smallest absolute Gasteiger partial charge is 0.217 e. The van der Waals surface area contributed by atoms with E-state index >= 15 is 0 Å². The molecular weight excluding hydrogens is 374 g/mol. The summed E-state index contributed by atoms with van der Waals surface area (Å²) in [6, 6.07) is 5.61. The van der Waals surface area contributed by atoms with E-state index in [1.807, 2.05) is 25.1 Å². The second-order valence-corrected chi connectivity index (χ2v) is 6.94. The summed E-state index contributed by atoms with van der Waals surface area (Å²) in [7, 11) is 3.18. The van der Waals surface area contributed by atoms with Gasteiger partial charge in [-0.1, -0.05) is 5.21 Å². The Morgan fingerprint density at radius 1 is 1.21 bits per heavy atom. The minimum Gasteiger partial charge on any atom is -0.493 e. The maximum atomic E-state index is 11.4. The number of ether oxygens (including phenoxy) is 2. The van der Waals surface area contributed by atoms with E-state index in [4.69, 9.17) is 9.47 Å². The Labute approximate surface area is 167 Å². The van der Waals surface area contributed by atoms with Gasteiger partial charge in [-0.3, -0.25) is 4.79 Å². The predicted molar refractivity (Wildman–Crippen MR) is 107 cm³/mol. The van der Waals surface area contributed by atoms with E-state index in [9.17, 15) is 4.79 Å². The Morgan fingerprint density at radius 3 is 2.72 bits per heavy atom. The maximum Gasteiger partial charge on any atom is 0.217 e. The van der Waals surface area contributed by atoms with Gasteiger partial charge in [0.05, 0.1) is 19.9 Å². The molecule has 3 aromatic rings. The number of benzene rings is 1. The van der Waals surface area contributed by atoms with Crippen molar-refractivity contribution in [2.45, 2.75) is 26.3 Å². The molecule has 4 rings (SSSR count). The monoisotopic (exact) mass is 397 g/mol. The highest BCUT2D eigenvalue weighted by Crippen LogP contribution is 2.31. The fourth-order valence-electron chi connectivity index (χ4n) is 3.62. The zero-order valence-electron chi connectivity index (χ0n) is 16.8. The van der Waals surface area contributed by atoms with Gasteiger partial charge in [-0.25, -0.2) is 9.97 Å². The predicted octanol–water partition coefficient (Wildman–Crippen LogP) is 1.25. The molecule has 0 saturated carbocycles. The Bertz CT molecular complexity index is 1070. The van der Waals surface area contributed by atoms with E-state index in [-0.39, 0.29) is 11.9 Å². The van der Waals surface area contributed by atoms with Gasteiger partial charge in [0.2, 0.25) is 5.91 Å². The van der Waals surface area contributed by atoms with Crippen LogP contribution in [0.1, 0.15) is 19.2 Å². The fraction of sp³-hybridized carbons (Fsp3) is 0.421.